The third kappa shape index (κ3) is 36.0. The molecule has 0 saturated heterocycles. The molecule has 9 N–H and O–H groups in total. The van der Waals surface area contributed by atoms with Crippen LogP contribution >= 0.6 is 0 Å². The smallest absolute Gasteiger partial charge is 0.245 e. The Bertz CT molecular complexity index is 1010. The van der Waals surface area contributed by atoms with E-state index in [1.54, 1.807) is 7.05 Å². The number of unbranched alkanes of at least 4 members (excludes halogenated alkanes) is 13. The van der Waals surface area contributed by atoms with Gasteiger partial charge in [0.15, 0.2) is 0 Å². The average molecular weight is 775 g/mol. The lowest BCUT2D eigenvalue weighted by molar-refractivity contribution is -0.126. The molecule has 0 aromatic heterocycles. The molecule has 1 unspecified atom stereocenters. The van der Waals surface area contributed by atoms with Crippen molar-refractivity contribution in [3.05, 3.63) is 0 Å². The molecule has 310 valence electrons. The lowest BCUT2D eigenvalue weighted by Gasteiger charge is -2.14. The molecule has 15 nitrogen and oxygen atoms in total. The van der Waals surface area contributed by atoms with Crippen molar-refractivity contribution in [2.24, 2.45) is 16.6 Å². The van der Waals surface area contributed by atoms with Crippen molar-refractivity contribution in [2.75, 3.05) is 58.9 Å². The van der Waals surface area contributed by atoms with Crippen molar-refractivity contribution < 1.29 is 32.9 Å². The summed E-state index contributed by atoms with van der Waals surface area (Å²) in [6.45, 7) is 4.35. The maximum atomic E-state index is 12.2. The highest BCUT2D eigenvalue weighted by atomic mass is 32.2. The van der Waals surface area contributed by atoms with Gasteiger partial charge in [-0.15, -0.1) is 0 Å². The zero-order valence-corrected chi connectivity index (χ0v) is 33.8. The van der Waals surface area contributed by atoms with E-state index in [2.05, 4.69) is 31.2 Å². The maximum Gasteiger partial charge on any atom is 0.245 e. The van der Waals surface area contributed by atoms with Crippen molar-refractivity contribution >= 4 is 40.4 Å². The third-order valence-electron chi connectivity index (χ3n) is 8.45. The molecule has 2 atom stereocenters. The second-order valence-electron chi connectivity index (χ2n) is 13.4. The van der Waals surface area contributed by atoms with Crippen LogP contribution in [0.4, 0.5) is 0 Å². The minimum absolute atomic E-state index is 0.0710. The van der Waals surface area contributed by atoms with E-state index in [0.717, 1.165) is 57.9 Å². The predicted molar refractivity (Wildman–Crippen MR) is 213 cm³/mol. The number of amidine groups is 1. The van der Waals surface area contributed by atoms with Crippen molar-refractivity contribution in [1.29, 1.82) is 0 Å². The topological polar surface area (TPSA) is 228 Å². The van der Waals surface area contributed by atoms with Crippen LogP contribution in [0.5, 0.6) is 0 Å². The summed E-state index contributed by atoms with van der Waals surface area (Å²) in [4.78, 5) is 47.4. The van der Waals surface area contributed by atoms with E-state index < -0.39 is 11.0 Å². The summed E-state index contributed by atoms with van der Waals surface area (Å²) in [5, 5.41) is 12.6. The van der Waals surface area contributed by atoms with Crippen LogP contribution in [0.1, 0.15) is 142 Å². The summed E-state index contributed by atoms with van der Waals surface area (Å²) in [7, 11) is 0.273. The second-order valence-corrected chi connectivity index (χ2v) is 14.7. The SMILES string of the molecule is CCCN[C@@H](CCCCNC(=O)COCCOCCNC(=O)CCCS(=O)NC(=O)CCCCCCCCCCCCCCC/C(N)=N/NC)C(N)=O. The molecule has 4 amide bonds. The van der Waals surface area contributed by atoms with Crippen LogP contribution in [0, 0.1) is 0 Å². The summed E-state index contributed by atoms with van der Waals surface area (Å²) in [5.41, 5.74) is 13.9. The fourth-order valence-electron chi connectivity index (χ4n) is 5.48. The zero-order valence-electron chi connectivity index (χ0n) is 33.0. The molecule has 0 radical (unpaired) electrons. The lowest BCUT2D eigenvalue weighted by atomic mass is 10.0. The number of carbonyl (C=O) groups excluding carboxylic acids is 4. The summed E-state index contributed by atoms with van der Waals surface area (Å²) in [6.07, 6.45) is 20.3. The summed E-state index contributed by atoms with van der Waals surface area (Å²) in [6, 6.07) is -0.339. The molecule has 0 rings (SSSR count). The largest absolute Gasteiger partial charge is 0.386 e. The Labute approximate surface area is 322 Å². The number of nitrogens with two attached hydrogens (primary N) is 2. The van der Waals surface area contributed by atoms with Gasteiger partial charge in [-0.25, -0.2) is 4.21 Å². The number of primary amides is 1. The van der Waals surface area contributed by atoms with E-state index in [1.807, 2.05) is 6.92 Å². The molecular formula is C37H74N8O7S. The van der Waals surface area contributed by atoms with Crippen LogP contribution in [0.3, 0.4) is 0 Å². The van der Waals surface area contributed by atoms with Gasteiger partial charge in [-0.2, -0.15) is 5.10 Å². The van der Waals surface area contributed by atoms with Gasteiger partial charge in [0.25, 0.3) is 0 Å². The van der Waals surface area contributed by atoms with E-state index in [1.165, 1.54) is 57.8 Å². The van der Waals surface area contributed by atoms with Gasteiger partial charge in [-0.1, -0.05) is 77.6 Å². The second kappa shape index (κ2) is 37.5. The van der Waals surface area contributed by atoms with Gasteiger partial charge < -0.3 is 42.3 Å². The van der Waals surface area contributed by atoms with Crippen molar-refractivity contribution in [3.63, 3.8) is 0 Å². The number of ether oxygens (including phenoxy) is 2. The molecule has 53 heavy (non-hydrogen) atoms. The van der Waals surface area contributed by atoms with Crippen molar-refractivity contribution in [3.8, 4) is 0 Å². The molecule has 0 spiro atoms. The Balaban J connectivity index is 3.53. The van der Waals surface area contributed by atoms with Gasteiger partial charge in [-0.05, 0) is 51.5 Å². The molecule has 0 aromatic carbocycles. The van der Waals surface area contributed by atoms with Crippen LogP contribution in [0.25, 0.3) is 0 Å². The molecule has 0 aromatic rings. The highest BCUT2D eigenvalue weighted by molar-refractivity contribution is 7.83. The van der Waals surface area contributed by atoms with Gasteiger partial charge in [-0.3, -0.25) is 23.9 Å². The first-order chi connectivity index (χ1) is 25.7. The van der Waals surface area contributed by atoms with E-state index in [0.29, 0.717) is 44.8 Å². The first-order valence-electron chi connectivity index (χ1n) is 20.1. The summed E-state index contributed by atoms with van der Waals surface area (Å²) in [5.74, 6) is -0.0373. The Hall–Kier alpha value is -2.82. The molecule has 16 heteroatoms. The normalized spacial score (nSPS) is 12.6. The Morgan fingerprint density at radius 2 is 1.21 bits per heavy atom. The molecule has 0 bridgehead atoms. The van der Waals surface area contributed by atoms with E-state index in [4.69, 9.17) is 20.9 Å². The summed E-state index contributed by atoms with van der Waals surface area (Å²) >= 11 is 0. The molecule has 0 saturated carbocycles. The van der Waals surface area contributed by atoms with E-state index >= 15 is 0 Å². The van der Waals surface area contributed by atoms with Crippen molar-refractivity contribution in [2.45, 2.75) is 148 Å². The lowest BCUT2D eigenvalue weighted by Crippen LogP contribution is -2.41. The number of carbonyl (C=O) groups is 4. The maximum absolute atomic E-state index is 12.2. The minimum Gasteiger partial charge on any atom is -0.386 e. The van der Waals surface area contributed by atoms with Gasteiger partial charge >= 0.3 is 0 Å². The number of nitrogens with one attached hydrogen (secondary N) is 5. The fraction of sp³-hybridized carbons (Fsp3) is 0.865. The monoisotopic (exact) mass is 775 g/mol. The number of nitrogens with zero attached hydrogens (tertiary/aromatic N) is 1. The fourth-order valence-corrected chi connectivity index (χ4v) is 6.34. The van der Waals surface area contributed by atoms with Crippen LogP contribution in [-0.4, -0.2) is 98.6 Å². The molecular weight excluding hydrogens is 701 g/mol. The standard InChI is InChI=1S/C37H74N8O7S/c1-3-24-41-32(37(39)49)20-17-18-25-42-36(48)31-52-29-28-51-27-26-43-34(46)23-19-30-53(50)45-35(47)22-16-14-12-10-8-6-4-5-7-9-11-13-15-21-33(38)44-40-2/h32,40-41H,3-31H2,1-2H3,(H2,38,44)(H2,39,49)(H,42,48)(H,43,46)(H,45,47)/t32-,53?/m0/s1. The van der Waals surface area contributed by atoms with Crippen LogP contribution in [0.2, 0.25) is 0 Å². The van der Waals surface area contributed by atoms with Gasteiger partial charge in [0, 0.05) is 45.2 Å². The van der Waals surface area contributed by atoms with Gasteiger partial charge in [0.05, 0.1) is 25.9 Å². The first kappa shape index (κ1) is 50.2. The Kier molecular flexibility index (Phi) is 35.5. The summed E-state index contributed by atoms with van der Waals surface area (Å²) < 4.78 is 25.4. The first-order valence-corrected chi connectivity index (χ1v) is 21.4. The van der Waals surface area contributed by atoms with Crippen LogP contribution < -0.4 is 37.6 Å². The highest BCUT2D eigenvalue weighted by Crippen LogP contribution is 2.13. The molecule has 0 aliphatic carbocycles. The zero-order chi connectivity index (χ0) is 39.2. The Morgan fingerprint density at radius 3 is 1.81 bits per heavy atom. The van der Waals surface area contributed by atoms with Gasteiger partial charge in [0.1, 0.15) is 23.4 Å². The Morgan fingerprint density at radius 1 is 0.642 bits per heavy atom. The number of amides is 4. The third-order valence-corrected chi connectivity index (χ3v) is 9.57. The highest BCUT2D eigenvalue weighted by Gasteiger charge is 2.13. The number of hydrazone groups is 1. The van der Waals surface area contributed by atoms with E-state index in [9.17, 15) is 23.4 Å². The molecule has 0 heterocycles. The quantitative estimate of drug-likeness (QED) is 0.0209. The number of hydrogen-bond donors (Lipinski definition) is 7. The van der Waals surface area contributed by atoms with E-state index in [-0.39, 0.29) is 61.7 Å². The average Bonchev–Trinajstić information content (AvgIpc) is 3.12. The molecule has 0 aliphatic rings. The van der Waals surface area contributed by atoms with Crippen LogP contribution in [-0.2, 0) is 39.6 Å². The van der Waals surface area contributed by atoms with Crippen LogP contribution in [0.15, 0.2) is 5.10 Å². The van der Waals surface area contributed by atoms with Crippen molar-refractivity contribution in [1.82, 2.24) is 26.1 Å². The van der Waals surface area contributed by atoms with Gasteiger partial charge in [0.2, 0.25) is 23.6 Å². The molecule has 0 aliphatic heterocycles. The minimum atomic E-state index is -1.49. The molecule has 0 fully saturated rings. The predicted octanol–water partition coefficient (Wildman–Crippen LogP) is 3.18. The number of hydrogen-bond acceptors (Lipinski definition) is 10. The number of rotatable bonds is 39.